The zero-order chi connectivity index (χ0) is 15.7. The molecule has 0 heterocycles. The maximum atomic E-state index is 11.9. The number of hydrogen-bond donors (Lipinski definition) is 1. The van der Waals surface area contributed by atoms with E-state index in [9.17, 15) is 13.2 Å². The van der Waals surface area contributed by atoms with Crippen molar-refractivity contribution < 1.29 is 18.3 Å². The summed E-state index contributed by atoms with van der Waals surface area (Å²) in [4.78, 5) is 10.4. The summed E-state index contributed by atoms with van der Waals surface area (Å²) in [6, 6.07) is 10.1. The van der Waals surface area contributed by atoms with E-state index in [1.165, 1.54) is 9.87 Å². The summed E-state index contributed by atoms with van der Waals surface area (Å²) >= 11 is 0. The van der Waals surface area contributed by atoms with Crippen molar-refractivity contribution in [2.75, 3.05) is 19.3 Å². The van der Waals surface area contributed by atoms with E-state index >= 15 is 0 Å². The molecule has 0 amide bonds. The van der Waals surface area contributed by atoms with Gasteiger partial charge in [0.15, 0.2) is 0 Å². The molecule has 5 nitrogen and oxygen atoms in total. The monoisotopic (exact) mass is 313 g/mol. The van der Waals surface area contributed by atoms with Crippen LogP contribution in [0.25, 0.3) is 0 Å². The predicted molar refractivity (Wildman–Crippen MR) is 82.7 cm³/mol. The number of benzene rings is 1. The maximum absolute atomic E-state index is 11.9. The topological polar surface area (TPSA) is 74.7 Å². The van der Waals surface area contributed by atoms with Crippen LogP contribution in [0.4, 0.5) is 0 Å². The van der Waals surface area contributed by atoms with Gasteiger partial charge in [-0.15, -0.1) is 0 Å². The van der Waals surface area contributed by atoms with Crippen LogP contribution in [0.2, 0.25) is 0 Å². The second-order valence-electron chi connectivity index (χ2n) is 5.08. The van der Waals surface area contributed by atoms with Crippen molar-refractivity contribution in [2.45, 2.75) is 32.1 Å². The highest BCUT2D eigenvalue weighted by molar-refractivity contribution is 7.89. The number of carboxylic acid groups (broad SMARTS) is 1. The van der Waals surface area contributed by atoms with Gasteiger partial charge in [0, 0.05) is 20.0 Å². The first-order chi connectivity index (χ1) is 9.92. The SMILES string of the molecule is CN(CCCCc1ccccc1)S(=O)(=O)CCCC(=O)O. The van der Waals surface area contributed by atoms with Crippen LogP contribution in [0.1, 0.15) is 31.2 Å². The molecule has 0 aromatic heterocycles. The zero-order valence-corrected chi connectivity index (χ0v) is 13.2. The fourth-order valence-corrected chi connectivity index (χ4v) is 3.24. The Morgan fingerprint density at radius 3 is 2.43 bits per heavy atom. The predicted octanol–water partition coefficient (Wildman–Crippen LogP) is 2.14. The molecule has 0 aliphatic carbocycles. The van der Waals surface area contributed by atoms with Crippen molar-refractivity contribution in [1.29, 1.82) is 0 Å². The van der Waals surface area contributed by atoms with Gasteiger partial charge < -0.3 is 5.11 Å². The molecule has 0 saturated heterocycles. The lowest BCUT2D eigenvalue weighted by Gasteiger charge is -2.16. The van der Waals surface area contributed by atoms with E-state index in [4.69, 9.17) is 5.11 Å². The molecule has 6 heteroatoms. The fourth-order valence-electron chi connectivity index (χ4n) is 2.01. The van der Waals surface area contributed by atoms with Crippen LogP contribution in [0.15, 0.2) is 30.3 Å². The largest absolute Gasteiger partial charge is 0.481 e. The standard InChI is InChI=1S/C15H23NO4S/c1-16(21(19,20)13-7-11-15(17)18)12-6-5-10-14-8-3-2-4-9-14/h2-4,8-9H,5-7,10-13H2,1H3,(H,17,18). The molecule has 0 spiro atoms. The van der Waals surface area contributed by atoms with E-state index in [2.05, 4.69) is 12.1 Å². The zero-order valence-electron chi connectivity index (χ0n) is 12.4. The Balaban J connectivity index is 2.25. The van der Waals surface area contributed by atoms with E-state index in [0.29, 0.717) is 6.54 Å². The van der Waals surface area contributed by atoms with E-state index in [-0.39, 0.29) is 18.6 Å². The summed E-state index contributed by atoms with van der Waals surface area (Å²) in [7, 11) is -1.78. The van der Waals surface area contributed by atoms with Gasteiger partial charge in [0.2, 0.25) is 10.0 Å². The summed E-state index contributed by atoms with van der Waals surface area (Å²) in [6.07, 6.45) is 2.71. The van der Waals surface area contributed by atoms with Crippen LogP contribution in [0.3, 0.4) is 0 Å². The van der Waals surface area contributed by atoms with Crippen LogP contribution in [-0.4, -0.2) is 43.1 Å². The Morgan fingerprint density at radius 2 is 1.81 bits per heavy atom. The van der Waals surface area contributed by atoms with Crippen molar-refractivity contribution in [2.24, 2.45) is 0 Å². The number of carbonyl (C=O) groups is 1. The normalized spacial score (nSPS) is 11.7. The molecular weight excluding hydrogens is 290 g/mol. The molecule has 0 radical (unpaired) electrons. The molecular formula is C15H23NO4S. The number of sulfonamides is 1. The highest BCUT2D eigenvalue weighted by Gasteiger charge is 2.17. The first kappa shape index (κ1) is 17.7. The van der Waals surface area contributed by atoms with Crippen LogP contribution in [0, 0.1) is 0 Å². The summed E-state index contributed by atoms with van der Waals surface area (Å²) in [6.45, 7) is 0.474. The van der Waals surface area contributed by atoms with Crippen molar-refractivity contribution in [1.82, 2.24) is 4.31 Å². The molecule has 0 fully saturated rings. The molecule has 0 saturated carbocycles. The highest BCUT2D eigenvalue weighted by atomic mass is 32.2. The first-order valence-corrected chi connectivity index (χ1v) is 8.72. The van der Waals surface area contributed by atoms with Crippen molar-refractivity contribution in [3.8, 4) is 0 Å². The minimum Gasteiger partial charge on any atom is -0.481 e. The molecule has 0 bridgehead atoms. The lowest BCUT2D eigenvalue weighted by atomic mass is 10.1. The van der Waals surface area contributed by atoms with Crippen molar-refractivity contribution in [3.05, 3.63) is 35.9 Å². The Labute approximate surface area is 126 Å². The average molecular weight is 313 g/mol. The number of carboxylic acids is 1. The van der Waals surface area contributed by atoms with Crippen LogP contribution in [-0.2, 0) is 21.2 Å². The van der Waals surface area contributed by atoms with E-state index in [1.807, 2.05) is 18.2 Å². The van der Waals surface area contributed by atoms with Gasteiger partial charge in [-0.1, -0.05) is 30.3 Å². The number of unbranched alkanes of at least 4 members (excludes halogenated alkanes) is 1. The second-order valence-corrected chi connectivity index (χ2v) is 7.27. The van der Waals surface area contributed by atoms with E-state index in [0.717, 1.165) is 19.3 Å². The molecule has 1 N–H and O–H groups in total. The van der Waals surface area contributed by atoms with Gasteiger partial charge in [-0.2, -0.15) is 0 Å². The number of aliphatic carboxylic acids is 1. The summed E-state index contributed by atoms with van der Waals surface area (Å²) < 4.78 is 25.2. The lowest BCUT2D eigenvalue weighted by Crippen LogP contribution is -2.30. The molecule has 1 aromatic carbocycles. The number of rotatable bonds is 10. The minimum absolute atomic E-state index is 0.103. The van der Waals surface area contributed by atoms with Gasteiger partial charge in [-0.3, -0.25) is 4.79 Å². The summed E-state index contributed by atoms with van der Waals surface area (Å²) in [5.74, 6) is -1.06. The summed E-state index contributed by atoms with van der Waals surface area (Å²) in [5.41, 5.74) is 1.25. The highest BCUT2D eigenvalue weighted by Crippen LogP contribution is 2.08. The Bertz CT molecular complexity index is 528. The quantitative estimate of drug-likeness (QED) is 0.672. The average Bonchev–Trinajstić information content (AvgIpc) is 2.43. The van der Waals surface area contributed by atoms with Crippen LogP contribution in [0.5, 0.6) is 0 Å². The molecule has 0 atom stereocenters. The smallest absolute Gasteiger partial charge is 0.303 e. The number of nitrogens with zero attached hydrogens (tertiary/aromatic N) is 1. The second kappa shape index (κ2) is 8.79. The third-order valence-corrected chi connectivity index (χ3v) is 5.24. The molecule has 0 unspecified atom stereocenters. The molecule has 118 valence electrons. The molecule has 0 aliphatic rings. The third kappa shape index (κ3) is 7.24. The van der Waals surface area contributed by atoms with Crippen LogP contribution < -0.4 is 0 Å². The third-order valence-electron chi connectivity index (χ3n) is 3.30. The molecule has 1 aromatic rings. The van der Waals surface area contributed by atoms with Gasteiger partial charge >= 0.3 is 5.97 Å². The Kier molecular flexibility index (Phi) is 7.39. The van der Waals surface area contributed by atoms with Gasteiger partial charge in [-0.05, 0) is 31.2 Å². The number of hydrogen-bond acceptors (Lipinski definition) is 3. The lowest BCUT2D eigenvalue weighted by molar-refractivity contribution is -0.137. The maximum Gasteiger partial charge on any atom is 0.303 e. The first-order valence-electron chi connectivity index (χ1n) is 7.11. The minimum atomic E-state index is -3.33. The van der Waals surface area contributed by atoms with Gasteiger partial charge in [-0.25, -0.2) is 12.7 Å². The Morgan fingerprint density at radius 1 is 1.14 bits per heavy atom. The van der Waals surface area contributed by atoms with E-state index < -0.39 is 16.0 Å². The van der Waals surface area contributed by atoms with Gasteiger partial charge in [0.25, 0.3) is 0 Å². The van der Waals surface area contributed by atoms with E-state index in [1.54, 1.807) is 7.05 Å². The molecule has 1 rings (SSSR count). The fraction of sp³-hybridized carbons (Fsp3) is 0.533. The van der Waals surface area contributed by atoms with Crippen molar-refractivity contribution >= 4 is 16.0 Å². The van der Waals surface area contributed by atoms with Crippen LogP contribution >= 0.6 is 0 Å². The van der Waals surface area contributed by atoms with Crippen molar-refractivity contribution in [3.63, 3.8) is 0 Å². The molecule has 21 heavy (non-hydrogen) atoms. The number of aryl methyl sites for hydroxylation is 1. The Hall–Kier alpha value is -1.40. The molecule has 0 aliphatic heterocycles. The van der Waals surface area contributed by atoms with Gasteiger partial charge in [0.1, 0.15) is 0 Å². The van der Waals surface area contributed by atoms with Gasteiger partial charge in [0.05, 0.1) is 5.75 Å². The summed E-state index contributed by atoms with van der Waals surface area (Å²) in [5, 5.41) is 8.52.